The number of hydrogen-bond acceptors (Lipinski definition) is 3. The highest BCUT2D eigenvalue weighted by molar-refractivity contribution is 8.03. The quantitative estimate of drug-likeness (QED) is 0.654. The molecule has 1 aliphatic carbocycles. The number of nitrogens with one attached hydrogen (secondary N) is 1. The predicted molar refractivity (Wildman–Crippen MR) is 115 cm³/mol. The summed E-state index contributed by atoms with van der Waals surface area (Å²) in [5, 5.41) is 3.24. The molecular weight excluding hydrogens is 366 g/mol. The van der Waals surface area contributed by atoms with E-state index in [1.807, 2.05) is 57.3 Å². The molecule has 4 nitrogen and oxygen atoms in total. The maximum atomic E-state index is 13.1. The van der Waals surface area contributed by atoms with Crippen LogP contribution in [0.15, 0.2) is 70.0 Å². The third kappa shape index (κ3) is 3.59. The van der Waals surface area contributed by atoms with E-state index < -0.39 is 5.54 Å². The maximum Gasteiger partial charge on any atom is 0.248 e. The maximum absolute atomic E-state index is 13.1. The number of nitrogens with zero attached hydrogens (tertiary/aromatic N) is 2. The first-order valence-electron chi connectivity index (χ1n) is 9.65. The summed E-state index contributed by atoms with van der Waals surface area (Å²) in [7, 11) is 2.00. The number of carbonyl (C=O) groups excluding carboxylic acids is 1. The van der Waals surface area contributed by atoms with E-state index in [0.29, 0.717) is 0 Å². The van der Waals surface area contributed by atoms with E-state index in [1.165, 1.54) is 9.80 Å². The first kappa shape index (κ1) is 18.8. The molecule has 0 atom stereocenters. The van der Waals surface area contributed by atoms with Crippen molar-refractivity contribution in [2.45, 2.75) is 43.5 Å². The van der Waals surface area contributed by atoms with Gasteiger partial charge in [-0.3, -0.25) is 4.79 Å². The zero-order valence-corrected chi connectivity index (χ0v) is 17.3. The van der Waals surface area contributed by atoms with Crippen LogP contribution in [0.3, 0.4) is 0 Å². The molecule has 2 aromatic carbocycles. The first-order chi connectivity index (χ1) is 13.5. The molecule has 0 saturated heterocycles. The molecule has 1 N–H and O–H groups in total. The molecule has 1 aromatic heterocycles. The summed E-state index contributed by atoms with van der Waals surface area (Å²) in [5.74, 6) is 0.880. The van der Waals surface area contributed by atoms with Crippen molar-refractivity contribution in [2.24, 2.45) is 7.05 Å². The zero-order valence-electron chi connectivity index (χ0n) is 16.5. The number of amides is 1. The molecule has 4 rings (SSSR count). The Kier molecular flexibility index (Phi) is 5.02. The van der Waals surface area contributed by atoms with Crippen LogP contribution in [0.4, 0.5) is 0 Å². The van der Waals surface area contributed by atoms with Gasteiger partial charge in [-0.15, -0.1) is 0 Å². The number of carbonyl (C=O) groups is 1. The van der Waals surface area contributed by atoms with Crippen LogP contribution in [0, 0.1) is 0 Å². The van der Waals surface area contributed by atoms with Gasteiger partial charge < -0.3 is 9.88 Å². The molecule has 0 bridgehead atoms. The number of fused-ring (bicyclic) bond motifs is 1. The first-order valence-corrected chi connectivity index (χ1v) is 10.5. The average molecular weight is 392 g/mol. The summed E-state index contributed by atoms with van der Waals surface area (Å²) in [6, 6.07) is 18.3. The van der Waals surface area contributed by atoms with Gasteiger partial charge in [-0.05, 0) is 62.3 Å². The average Bonchev–Trinajstić information content (AvgIpc) is 3.28. The largest absolute Gasteiger partial charge is 0.340 e. The molecule has 0 aliphatic heterocycles. The molecule has 1 heterocycles. The minimum Gasteiger partial charge on any atom is -0.340 e. The molecular formula is C23H25N3OS. The number of allylic oxidation sites excluding steroid dienone is 1. The molecule has 1 amide bonds. The summed E-state index contributed by atoms with van der Waals surface area (Å²) in [4.78, 5) is 20.3. The number of para-hydroxylation sites is 2. The molecule has 1 aliphatic rings. The Hall–Kier alpha value is -2.53. The molecule has 0 fully saturated rings. The van der Waals surface area contributed by atoms with E-state index >= 15 is 0 Å². The zero-order chi connectivity index (χ0) is 19.7. The highest BCUT2D eigenvalue weighted by atomic mass is 32.2. The monoisotopic (exact) mass is 391 g/mol. The summed E-state index contributed by atoms with van der Waals surface area (Å²) in [6.07, 6.45) is 2.83. The number of thioether (sulfide) groups is 1. The minimum atomic E-state index is -0.567. The second-order valence-electron chi connectivity index (χ2n) is 7.73. The smallest absolute Gasteiger partial charge is 0.248 e. The van der Waals surface area contributed by atoms with E-state index in [2.05, 4.69) is 28.1 Å². The van der Waals surface area contributed by atoms with Crippen molar-refractivity contribution in [3.05, 3.63) is 70.9 Å². The van der Waals surface area contributed by atoms with E-state index in [1.54, 1.807) is 11.8 Å². The van der Waals surface area contributed by atoms with Crippen molar-refractivity contribution < 1.29 is 4.79 Å². The standard InChI is InChI=1S/C23H25N3OS/c1-23(2,22-24-18-13-7-8-14-19(18)26(22)3)25-21(27)17-12-9-15-20(17)28-16-10-5-4-6-11-16/h4-8,10-11,13-14H,9,12,15H2,1-3H3,(H,25,27). The lowest BCUT2D eigenvalue weighted by Crippen LogP contribution is -2.43. The van der Waals surface area contributed by atoms with Crippen molar-refractivity contribution in [1.82, 2.24) is 14.9 Å². The molecule has 5 heteroatoms. The van der Waals surface area contributed by atoms with Gasteiger partial charge in [-0.2, -0.15) is 0 Å². The normalized spacial score (nSPS) is 14.7. The summed E-state index contributed by atoms with van der Waals surface area (Å²) in [5.41, 5.74) is 2.37. The highest BCUT2D eigenvalue weighted by Gasteiger charge is 2.31. The van der Waals surface area contributed by atoms with Crippen LogP contribution >= 0.6 is 11.8 Å². The third-order valence-corrected chi connectivity index (χ3v) is 6.40. The lowest BCUT2D eigenvalue weighted by Gasteiger charge is -2.26. The van der Waals surface area contributed by atoms with E-state index in [9.17, 15) is 4.79 Å². The second-order valence-corrected chi connectivity index (χ2v) is 8.90. The Balaban J connectivity index is 1.59. The Morgan fingerprint density at radius 1 is 1.07 bits per heavy atom. The topological polar surface area (TPSA) is 46.9 Å². The van der Waals surface area contributed by atoms with Crippen LogP contribution in [0.25, 0.3) is 11.0 Å². The molecule has 144 valence electrons. The van der Waals surface area contributed by atoms with Crippen molar-refractivity contribution in [3.8, 4) is 0 Å². The fourth-order valence-corrected chi connectivity index (χ4v) is 4.96. The van der Waals surface area contributed by atoms with Crippen molar-refractivity contribution in [2.75, 3.05) is 0 Å². The lowest BCUT2D eigenvalue weighted by molar-refractivity contribution is -0.119. The molecule has 0 unspecified atom stereocenters. The number of rotatable bonds is 5. The van der Waals surface area contributed by atoms with Gasteiger partial charge in [0.1, 0.15) is 5.82 Å². The van der Waals surface area contributed by atoms with Gasteiger partial charge in [0.05, 0.1) is 16.6 Å². The summed E-state index contributed by atoms with van der Waals surface area (Å²) in [6.45, 7) is 4.04. The fraction of sp³-hybridized carbons (Fsp3) is 0.304. The van der Waals surface area contributed by atoms with Crippen LogP contribution in [0.1, 0.15) is 38.9 Å². The molecule has 3 aromatic rings. The Bertz CT molecular complexity index is 1050. The SMILES string of the molecule is Cn1c(C(C)(C)NC(=O)C2=C(Sc3ccccc3)CCC2)nc2ccccc21. The number of aryl methyl sites for hydroxylation is 1. The van der Waals surface area contributed by atoms with Crippen LogP contribution in [0.5, 0.6) is 0 Å². The van der Waals surface area contributed by atoms with Gasteiger partial charge in [0.2, 0.25) is 5.91 Å². The lowest BCUT2D eigenvalue weighted by atomic mass is 10.0. The summed E-state index contributed by atoms with van der Waals surface area (Å²) >= 11 is 1.71. The van der Waals surface area contributed by atoms with Gasteiger partial charge in [-0.25, -0.2) is 4.98 Å². The van der Waals surface area contributed by atoms with E-state index in [0.717, 1.165) is 41.7 Å². The van der Waals surface area contributed by atoms with Crippen LogP contribution < -0.4 is 5.32 Å². The van der Waals surface area contributed by atoms with Crippen molar-refractivity contribution in [3.63, 3.8) is 0 Å². The number of benzene rings is 2. The highest BCUT2D eigenvalue weighted by Crippen LogP contribution is 2.39. The minimum absolute atomic E-state index is 0.0213. The molecule has 0 spiro atoms. The third-order valence-electron chi connectivity index (χ3n) is 5.20. The van der Waals surface area contributed by atoms with Gasteiger partial charge >= 0.3 is 0 Å². The Morgan fingerprint density at radius 2 is 1.79 bits per heavy atom. The molecule has 0 saturated carbocycles. The van der Waals surface area contributed by atoms with Gasteiger partial charge in [0, 0.05) is 17.5 Å². The van der Waals surface area contributed by atoms with Crippen molar-refractivity contribution in [1.29, 1.82) is 0 Å². The molecule has 0 radical (unpaired) electrons. The summed E-state index contributed by atoms with van der Waals surface area (Å²) < 4.78 is 2.07. The van der Waals surface area contributed by atoms with Crippen LogP contribution in [0.2, 0.25) is 0 Å². The predicted octanol–water partition coefficient (Wildman–Crippen LogP) is 5.15. The van der Waals surface area contributed by atoms with Gasteiger partial charge in [0.25, 0.3) is 0 Å². The Morgan fingerprint density at radius 3 is 2.54 bits per heavy atom. The second kappa shape index (κ2) is 7.47. The van der Waals surface area contributed by atoms with E-state index in [-0.39, 0.29) is 5.91 Å². The van der Waals surface area contributed by atoms with Gasteiger partial charge in [-0.1, -0.05) is 42.1 Å². The number of aromatic nitrogens is 2. The number of imidazole rings is 1. The van der Waals surface area contributed by atoms with Crippen LogP contribution in [-0.2, 0) is 17.4 Å². The van der Waals surface area contributed by atoms with Gasteiger partial charge in [0.15, 0.2) is 0 Å². The molecule has 28 heavy (non-hydrogen) atoms. The number of hydrogen-bond donors (Lipinski definition) is 1. The fourth-order valence-electron chi connectivity index (χ4n) is 3.82. The van der Waals surface area contributed by atoms with E-state index in [4.69, 9.17) is 4.98 Å². The van der Waals surface area contributed by atoms with Crippen molar-refractivity contribution >= 4 is 28.7 Å². The van der Waals surface area contributed by atoms with Crippen LogP contribution in [-0.4, -0.2) is 15.5 Å². The Labute approximate surface area is 170 Å².